The van der Waals surface area contributed by atoms with Gasteiger partial charge in [-0.25, -0.2) is 0 Å². The first-order chi connectivity index (χ1) is 9.45. The van der Waals surface area contributed by atoms with Gasteiger partial charge < -0.3 is 0 Å². The fourth-order valence-corrected chi connectivity index (χ4v) is 1.67. The molecule has 0 fully saturated rings. The fraction of sp³-hybridized carbons (Fsp3) is 0.438. The van der Waals surface area contributed by atoms with Crippen molar-refractivity contribution >= 4 is 5.78 Å². The minimum absolute atomic E-state index is 0.194. The van der Waals surface area contributed by atoms with Crippen LogP contribution in [0.3, 0.4) is 0 Å². The summed E-state index contributed by atoms with van der Waals surface area (Å²) in [6.45, 7) is 2.11. The summed E-state index contributed by atoms with van der Waals surface area (Å²) in [7, 11) is 0. The van der Waals surface area contributed by atoms with Crippen LogP contribution in [-0.4, -0.2) is 5.78 Å². The predicted octanol–water partition coefficient (Wildman–Crippen LogP) is 4.86. The van der Waals surface area contributed by atoms with Crippen molar-refractivity contribution in [2.24, 2.45) is 0 Å². The van der Waals surface area contributed by atoms with Crippen molar-refractivity contribution in [2.45, 2.75) is 45.2 Å². The zero-order valence-electron chi connectivity index (χ0n) is 11.4. The Hall–Kier alpha value is -1.76. The van der Waals surface area contributed by atoms with E-state index in [2.05, 4.69) is 18.8 Å². The molecule has 0 aliphatic rings. The number of carbonyl (C=O) groups excluding carboxylic acids is 1. The monoisotopic (exact) mass is 282 g/mol. The smallest absolute Gasteiger partial charge is 0.279 e. The van der Waals surface area contributed by atoms with Gasteiger partial charge in [0.2, 0.25) is 5.78 Å². The van der Waals surface area contributed by atoms with E-state index in [0.29, 0.717) is 6.42 Å². The van der Waals surface area contributed by atoms with Gasteiger partial charge in [-0.2, -0.15) is 13.2 Å². The number of alkyl halides is 3. The molecule has 0 aliphatic carbocycles. The molecule has 0 unspecified atom stereocenters. The summed E-state index contributed by atoms with van der Waals surface area (Å²) in [6.07, 6.45) is 0.576. The van der Waals surface area contributed by atoms with Gasteiger partial charge in [0, 0.05) is 12.0 Å². The summed E-state index contributed by atoms with van der Waals surface area (Å²) in [5.41, 5.74) is -0.569. The standard InChI is InChI=1S/C16H17F3O/c1-2-3-4-5-6-7-8-15(20)13-9-11-14(12-10-13)16(17,18)19/h9-12H,2-6H2,1H3. The lowest BCUT2D eigenvalue weighted by Gasteiger charge is -2.05. The number of benzene rings is 1. The van der Waals surface area contributed by atoms with Crippen molar-refractivity contribution in [3.8, 4) is 11.8 Å². The van der Waals surface area contributed by atoms with Crippen LogP contribution >= 0.6 is 0 Å². The van der Waals surface area contributed by atoms with Crippen LogP contribution in [0.1, 0.15) is 54.9 Å². The number of carbonyl (C=O) groups is 1. The highest BCUT2D eigenvalue weighted by molar-refractivity contribution is 6.08. The molecule has 0 radical (unpaired) electrons. The van der Waals surface area contributed by atoms with Crippen molar-refractivity contribution in [1.82, 2.24) is 0 Å². The van der Waals surface area contributed by atoms with Crippen LogP contribution in [0, 0.1) is 11.8 Å². The minimum atomic E-state index is -4.38. The Morgan fingerprint density at radius 1 is 1.10 bits per heavy atom. The number of ketones is 1. The molecular weight excluding hydrogens is 265 g/mol. The average Bonchev–Trinajstić information content (AvgIpc) is 2.41. The van der Waals surface area contributed by atoms with Gasteiger partial charge in [-0.15, -0.1) is 0 Å². The largest absolute Gasteiger partial charge is 0.416 e. The molecule has 0 saturated heterocycles. The molecule has 0 saturated carbocycles. The van der Waals surface area contributed by atoms with Gasteiger partial charge in [0.15, 0.2) is 0 Å². The van der Waals surface area contributed by atoms with Crippen LogP contribution in [0.25, 0.3) is 0 Å². The maximum atomic E-state index is 12.4. The summed E-state index contributed by atoms with van der Waals surface area (Å²) in [6, 6.07) is 4.13. The van der Waals surface area contributed by atoms with Crippen LogP contribution in [0.2, 0.25) is 0 Å². The predicted molar refractivity (Wildman–Crippen MR) is 72.3 cm³/mol. The second-order valence-corrected chi connectivity index (χ2v) is 4.52. The van der Waals surface area contributed by atoms with Gasteiger partial charge in [0.25, 0.3) is 0 Å². The molecular formula is C16H17F3O. The molecule has 0 spiro atoms. The molecule has 0 N–H and O–H groups in total. The summed E-state index contributed by atoms with van der Waals surface area (Å²) in [5.74, 6) is 4.79. The third kappa shape index (κ3) is 5.48. The van der Waals surface area contributed by atoms with Crippen LogP contribution in [0.15, 0.2) is 24.3 Å². The Labute approximate surface area is 117 Å². The van der Waals surface area contributed by atoms with E-state index in [4.69, 9.17) is 0 Å². The molecule has 0 amide bonds. The molecule has 0 heterocycles. The molecule has 108 valence electrons. The number of halogens is 3. The quantitative estimate of drug-likeness (QED) is 0.326. The van der Waals surface area contributed by atoms with Gasteiger partial charge in [-0.3, -0.25) is 4.79 Å². The van der Waals surface area contributed by atoms with Crippen LogP contribution in [0.5, 0.6) is 0 Å². The first-order valence-corrected chi connectivity index (χ1v) is 6.65. The average molecular weight is 282 g/mol. The number of unbranched alkanes of at least 4 members (excludes halogenated alkanes) is 4. The topological polar surface area (TPSA) is 17.1 Å². The van der Waals surface area contributed by atoms with Gasteiger partial charge in [-0.05, 0) is 36.6 Å². The number of Topliss-reactive ketones (excluding diaryl/α,β-unsaturated/α-hetero) is 1. The van der Waals surface area contributed by atoms with Crippen LogP contribution in [-0.2, 0) is 6.18 Å². The van der Waals surface area contributed by atoms with Crippen LogP contribution in [0.4, 0.5) is 13.2 Å². The maximum Gasteiger partial charge on any atom is 0.416 e. The van der Waals surface area contributed by atoms with Crippen molar-refractivity contribution in [3.05, 3.63) is 35.4 Å². The van der Waals surface area contributed by atoms with E-state index in [0.717, 1.165) is 49.9 Å². The highest BCUT2D eigenvalue weighted by Gasteiger charge is 2.30. The third-order valence-corrected chi connectivity index (χ3v) is 2.83. The number of hydrogen-bond acceptors (Lipinski definition) is 1. The van der Waals surface area contributed by atoms with E-state index < -0.39 is 17.5 Å². The molecule has 0 aromatic heterocycles. The number of rotatable bonds is 5. The summed E-state index contributed by atoms with van der Waals surface area (Å²) >= 11 is 0. The maximum absolute atomic E-state index is 12.4. The minimum Gasteiger partial charge on any atom is -0.279 e. The Morgan fingerprint density at radius 2 is 1.75 bits per heavy atom. The molecule has 1 nitrogen and oxygen atoms in total. The van der Waals surface area contributed by atoms with Gasteiger partial charge in [0.1, 0.15) is 0 Å². The first kappa shape index (κ1) is 16.3. The second-order valence-electron chi connectivity index (χ2n) is 4.52. The molecule has 4 heteroatoms. The highest BCUT2D eigenvalue weighted by atomic mass is 19.4. The summed E-state index contributed by atoms with van der Waals surface area (Å²) < 4.78 is 37.1. The summed E-state index contributed by atoms with van der Waals surface area (Å²) in [4.78, 5) is 11.6. The van der Waals surface area contributed by atoms with Crippen molar-refractivity contribution in [3.63, 3.8) is 0 Å². The van der Waals surface area contributed by atoms with E-state index in [1.54, 1.807) is 0 Å². The summed E-state index contributed by atoms with van der Waals surface area (Å²) in [5, 5.41) is 0. The zero-order chi connectivity index (χ0) is 15.0. The molecule has 1 aromatic carbocycles. The highest BCUT2D eigenvalue weighted by Crippen LogP contribution is 2.29. The normalized spacial score (nSPS) is 10.8. The van der Waals surface area contributed by atoms with Crippen LogP contribution < -0.4 is 0 Å². The lowest BCUT2D eigenvalue weighted by molar-refractivity contribution is -0.137. The van der Waals surface area contributed by atoms with Gasteiger partial charge >= 0.3 is 6.18 Å². The molecule has 1 rings (SSSR count). The van der Waals surface area contributed by atoms with Crippen molar-refractivity contribution in [2.75, 3.05) is 0 Å². The van der Waals surface area contributed by atoms with E-state index >= 15 is 0 Å². The van der Waals surface area contributed by atoms with E-state index in [1.165, 1.54) is 0 Å². The molecule has 1 aromatic rings. The molecule has 0 atom stereocenters. The number of hydrogen-bond donors (Lipinski definition) is 0. The van der Waals surface area contributed by atoms with Gasteiger partial charge in [0.05, 0.1) is 5.56 Å². The first-order valence-electron chi connectivity index (χ1n) is 6.65. The Balaban J connectivity index is 2.54. The molecule has 20 heavy (non-hydrogen) atoms. The second kappa shape index (κ2) is 7.74. The van der Waals surface area contributed by atoms with Gasteiger partial charge in [-0.1, -0.05) is 32.1 Å². The lowest BCUT2D eigenvalue weighted by Crippen LogP contribution is -2.05. The lowest BCUT2D eigenvalue weighted by atomic mass is 10.1. The Kier molecular flexibility index (Phi) is 6.30. The Morgan fingerprint density at radius 3 is 2.30 bits per heavy atom. The molecule has 0 bridgehead atoms. The fourth-order valence-electron chi connectivity index (χ4n) is 1.67. The molecule has 0 aliphatic heterocycles. The zero-order valence-corrected chi connectivity index (χ0v) is 11.4. The SMILES string of the molecule is CCCCCCC#CC(=O)c1ccc(C(F)(F)F)cc1. The van der Waals surface area contributed by atoms with E-state index in [1.807, 2.05) is 0 Å². The Bertz CT molecular complexity index is 489. The van der Waals surface area contributed by atoms with E-state index in [9.17, 15) is 18.0 Å². The third-order valence-electron chi connectivity index (χ3n) is 2.83. The van der Waals surface area contributed by atoms with Crippen molar-refractivity contribution < 1.29 is 18.0 Å². The van der Waals surface area contributed by atoms with Crippen molar-refractivity contribution in [1.29, 1.82) is 0 Å². The van der Waals surface area contributed by atoms with E-state index in [-0.39, 0.29) is 5.56 Å².